The monoisotopic (exact) mass is 1000 g/mol. The van der Waals surface area contributed by atoms with E-state index >= 15 is 0 Å². The molecular formula is C21H47N5O24P8. The second kappa shape index (κ2) is 19.8. The molecule has 0 radical (unpaired) electrons. The normalized spacial score (nSPS) is 19.4. The molecule has 0 atom stereocenters. The van der Waals surface area contributed by atoms with Crippen LogP contribution in [-0.2, 0) is 42.9 Å². The second-order valence-corrected chi connectivity index (χ2v) is 28.3. The van der Waals surface area contributed by atoms with E-state index in [1.165, 1.54) is 24.3 Å². The van der Waals surface area contributed by atoms with Crippen molar-refractivity contribution in [3.8, 4) is 0 Å². The Hall–Kier alpha value is 0.0600. The Balaban J connectivity index is 3.07. The molecule has 0 aliphatic carbocycles. The summed E-state index contributed by atoms with van der Waals surface area (Å²) in [4.78, 5) is 163. The third-order valence-electron chi connectivity index (χ3n) is 8.44. The van der Waals surface area contributed by atoms with Gasteiger partial charge in [0.25, 0.3) is 0 Å². The van der Waals surface area contributed by atoms with E-state index in [1.807, 2.05) is 0 Å². The zero-order valence-electron chi connectivity index (χ0n) is 29.6. The standard InChI is InChI=1S/C21H47N5O24P8/c22-17-4-2-15(3-5-17)12-16-13-25(20(55(39,40)41)56(42,43)44)10-8-23(18(51(27,28)29)52(30,31)32)6-1-7-24(19(53(33,34)35)54(36,37)38)9-11-26(14-16)21(57(45,46)47)58(48,49)50/h2-5,16,18-21H,1,6-14,22H2,(H2,27,28,29)(H2,30,31,32)(H2,33,34,35)(H2,36,37,38)(H2,39,40,41)(H2,42,43,44)(H2,45,46,47)(H2,48,49,50). The number of rotatable bonds is 14. The number of anilines is 1. The van der Waals surface area contributed by atoms with Gasteiger partial charge in [-0.15, -0.1) is 0 Å². The first kappa shape index (κ1) is 54.2. The molecule has 0 saturated carbocycles. The molecule has 37 heteroatoms. The van der Waals surface area contributed by atoms with Gasteiger partial charge in [0.15, 0.2) is 0 Å². The van der Waals surface area contributed by atoms with Crippen LogP contribution in [0.5, 0.6) is 0 Å². The molecule has 1 aliphatic heterocycles. The largest absolute Gasteiger partial charge is 0.399 e. The van der Waals surface area contributed by atoms with E-state index in [0.29, 0.717) is 19.6 Å². The lowest BCUT2D eigenvalue weighted by molar-refractivity contribution is 0.116. The highest BCUT2D eigenvalue weighted by molar-refractivity contribution is 7.72. The lowest BCUT2D eigenvalue weighted by Crippen LogP contribution is -2.51. The van der Waals surface area contributed by atoms with Gasteiger partial charge >= 0.3 is 60.8 Å². The van der Waals surface area contributed by atoms with Gasteiger partial charge in [-0.1, -0.05) is 12.1 Å². The fourth-order valence-electron chi connectivity index (χ4n) is 6.60. The quantitative estimate of drug-likeness (QED) is 0.0682. The molecule has 340 valence electrons. The van der Waals surface area contributed by atoms with Gasteiger partial charge in [0.05, 0.1) is 0 Å². The molecule has 0 amide bonds. The van der Waals surface area contributed by atoms with Crippen LogP contribution < -0.4 is 5.73 Å². The van der Waals surface area contributed by atoms with Gasteiger partial charge in [0.2, 0.25) is 22.1 Å². The molecule has 0 bridgehead atoms. The summed E-state index contributed by atoms with van der Waals surface area (Å²) in [5.74, 6) is -1.55. The predicted octanol–water partition coefficient (Wildman–Crippen LogP) is -2.40. The fraction of sp³-hybridized carbons (Fsp3) is 0.714. The number of nitrogens with zero attached hydrogens (tertiary/aromatic N) is 4. The van der Waals surface area contributed by atoms with E-state index in [2.05, 4.69) is 0 Å². The lowest BCUT2D eigenvalue weighted by Gasteiger charge is -2.41. The van der Waals surface area contributed by atoms with Crippen molar-refractivity contribution in [2.75, 3.05) is 58.1 Å². The molecule has 2 rings (SSSR count). The maximum Gasteiger partial charge on any atom is 0.354 e. The minimum absolute atomic E-state index is 0.179. The molecular weight excluding hydrogens is 954 g/mol. The first-order chi connectivity index (χ1) is 25.8. The Morgan fingerprint density at radius 3 is 0.931 bits per heavy atom. The van der Waals surface area contributed by atoms with Crippen molar-refractivity contribution in [3.63, 3.8) is 0 Å². The molecule has 29 nitrogen and oxygen atoms in total. The maximum absolute atomic E-state index is 12.7. The SMILES string of the molecule is Nc1ccc(CC2CN(C(P(=O)(O)O)P(=O)(O)O)CCN(C(P(=O)(O)O)P(=O)(O)O)CCCN(C(P(=O)(O)O)P(=O)(O)O)CCN(C(P(=O)(O)O)P(=O)(O)O)C2)cc1. The Kier molecular flexibility index (Phi) is 18.5. The lowest BCUT2D eigenvalue weighted by atomic mass is 9.97. The second-order valence-electron chi connectivity index (χ2n) is 13.3. The molecule has 0 aromatic heterocycles. The first-order valence-corrected chi connectivity index (χ1v) is 29.4. The van der Waals surface area contributed by atoms with Crippen LogP contribution in [0.15, 0.2) is 24.3 Å². The highest BCUT2D eigenvalue weighted by Gasteiger charge is 2.53. The molecule has 1 aromatic carbocycles. The van der Waals surface area contributed by atoms with Crippen molar-refractivity contribution in [2.24, 2.45) is 5.92 Å². The van der Waals surface area contributed by atoms with Crippen molar-refractivity contribution < 1.29 is 115 Å². The molecule has 1 fully saturated rings. The van der Waals surface area contributed by atoms with E-state index in [4.69, 9.17) is 5.73 Å². The van der Waals surface area contributed by atoms with Crippen LogP contribution in [0.4, 0.5) is 5.69 Å². The predicted molar refractivity (Wildman–Crippen MR) is 200 cm³/mol. The van der Waals surface area contributed by atoms with Crippen molar-refractivity contribution in [3.05, 3.63) is 29.8 Å². The van der Waals surface area contributed by atoms with E-state index in [9.17, 15) is 115 Å². The number of nitrogen functional groups attached to an aromatic ring is 1. The van der Waals surface area contributed by atoms with Crippen molar-refractivity contribution in [1.29, 1.82) is 0 Å². The van der Waals surface area contributed by atoms with Gasteiger partial charge in [0, 0.05) is 58.0 Å². The van der Waals surface area contributed by atoms with Crippen molar-refractivity contribution in [1.82, 2.24) is 19.6 Å². The summed E-state index contributed by atoms with van der Waals surface area (Å²) in [6.45, 7) is -8.75. The topological polar surface area (TPSA) is 499 Å². The zero-order valence-corrected chi connectivity index (χ0v) is 36.8. The molecule has 58 heavy (non-hydrogen) atoms. The van der Waals surface area contributed by atoms with Gasteiger partial charge in [-0.25, -0.2) is 0 Å². The summed E-state index contributed by atoms with van der Waals surface area (Å²) in [6.07, 6.45) is -1.28. The average molecular weight is 1000 g/mol. The van der Waals surface area contributed by atoms with E-state index in [0.717, 1.165) is 0 Å². The fourth-order valence-corrected chi connectivity index (χ4v) is 18.0. The third kappa shape index (κ3) is 16.3. The maximum atomic E-state index is 12.7. The average Bonchev–Trinajstić information content (AvgIpc) is 2.93. The van der Waals surface area contributed by atoms with Gasteiger partial charge in [0.1, 0.15) is 0 Å². The van der Waals surface area contributed by atoms with Crippen LogP contribution in [-0.4, -0.2) is 172 Å². The van der Waals surface area contributed by atoms with Crippen LogP contribution in [0, 0.1) is 5.92 Å². The minimum atomic E-state index is -6.02. The van der Waals surface area contributed by atoms with Crippen LogP contribution in [0.25, 0.3) is 0 Å². The molecule has 1 heterocycles. The van der Waals surface area contributed by atoms with Crippen molar-refractivity contribution in [2.45, 2.75) is 34.9 Å². The number of nitrogens with two attached hydrogens (primary N) is 1. The zero-order chi connectivity index (χ0) is 45.3. The highest BCUT2D eigenvalue weighted by Crippen LogP contribution is 2.65. The third-order valence-corrected chi connectivity index (χ3v) is 23.1. The Labute approximate surface area is 329 Å². The summed E-state index contributed by atoms with van der Waals surface area (Å²) in [6, 6.07) is 5.31. The Bertz CT molecular complexity index is 1750. The van der Waals surface area contributed by atoms with E-state index < -0.39 is 154 Å². The molecule has 18 N–H and O–H groups in total. The molecule has 1 aliphatic rings. The van der Waals surface area contributed by atoms with E-state index in [-0.39, 0.29) is 11.3 Å². The van der Waals surface area contributed by atoms with Crippen LogP contribution >= 0.6 is 60.8 Å². The van der Waals surface area contributed by atoms with Gasteiger partial charge in [-0.05, 0) is 36.5 Å². The van der Waals surface area contributed by atoms with Gasteiger partial charge < -0.3 is 84.0 Å². The first-order valence-electron chi connectivity index (χ1n) is 16.0. The Morgan fingerprint density at radius 2 is 0.672 bits per heavy atom. The summed E-state index contributed by atoms with van der Waals surface area (Å²) >= 11 is 0. The Morgan fingerprint density at radius 1 is 0.431 bits per heavy atom. The molecule has 1 aromatic rings. The molecule has 1 saturated heterocycles. The molecule has 0 spiro atoms. The van der Waals surface area contributed by atoms with Crippen molar-refractivity contribution >= 4 is 66.5 Å². The highest BCUT2D eigenvalue weighted by atomic mass is 31.3. The number of hydrogen-bond donors (Lipinski definition) is 17. The number of hydrogen-bond acceptors (Lipinski definition) is 13. The smallest absolute Gasteiger partial charge is 0.354 e. The number of benzene rings is 1. The van der Waals surface area contributed by atoms with Crippen LogP contribution in [0.2, 0.25) is 0 Å². The van der Waals surface area contributed by atoms with Crippen LogP contribution in [0.3, 0.4) is 0 Å². The van der Waals surface area contributed by atoms with Gasteiger partial charge in [-0.2, -0.15) is 0 Å². The van der Waals surface area contributed by atoms with Gasteiger partial charge in [-0.3, -0.25) is 56.1 Å². The summed E-state index contributed by atoms with van der Waals surface area (Å²) in [5.41, 5.74) is -6.30. The minimum Gasteiger partial charge on any atom is -0.399 e. The van der Waals surface area contributed by atoms with Crippen LogP contribution in [0.1, 0.15) is 12.0 Å². The summed E-state index contributed by atoms with van der Waals surface area (Å²) < 4.78 is 101. The summed E-state index contributed by atoms with van der Waals surface area (Å²) in [7, 11) is -47.9. The van der Waals surface area contributed by atoms with E-state index in [1.54, 1.807) is 0 Å². The summed E-state index contributed by atoms with van der Waals surface area (Å²) in [5, 5.41) is 0. The molecule has 0 unspecified atom stereocenters.